The average molecular weight is 318 g/mol. The number of nitrogens with one attached hydrogen (secondary N) is 1. The molecule has 0 saturated heterocycles. The van der Waals surface area contributed by atoms with E-state index in [1.165, 1.54) is 11.1 Å². The Labute approximate surface area is 121 Å². The zero-order valence-corrected chi connectivity index (χ0v) is 12.2. The van der Waals surface area contributed by atoms with E-state index < -0.39 is 0 Å². The Balaban J connectivity index is 1.87. The van der Waals surface area contributed by atoms with E-state index in [0.29, 0.717) is 0 Å². The highest BCUT2D eigenvalue weighted by molar-refractivity contribution is 9.10. The first-order valence-corrected chi connectivity index (χ1v) is 7.21. The van der Waals surface area contributed by atoms with Gasteiger partial charge in [0.05, 0.1) is 12.1 Å². The maximum absolute atomic E-state index is 9.85. The second-order valence-electron chi connectivity index (χ2n) is 5.20. The molecule has 3 heteroatoms. The van der Waals surface area contributed by atoms with E-state index in [-0.39, 0.29) is 12.1 Å². The van der Waals surface area contributed by atoms with E-state index >= 15 is 0 Å². The number of aliphatic hydroxyl groups is 1. The van der Waals surface area contributed by atoms with Gasteiger partial charge in [-0.05, 0) is 42.2 Å². The number of fused-ring (bicyclic) bond motifs is 1. The van der Waals surface area contributed by atoms with E-state index in [0.717, 1.165) is 23.0 Å². The molecule has 1 aliphatic rings. The molecule has 0 aromatic heterocycles. The van der Waals surface area contributed by atoms with E-state index in [4.69, 9.17) is 0 Å². The third-order valence-corrected chi connectivity index (χ3v) is 4.21. The average Bonchev–Trinajstić information content (AvgIpc) is 2.77. The molecule has 2 N–H and O–H groups in total. The number of anilines is 1. The molecule has 2 nitrogen and oxygen atoms in total. The van der Waals surface area contributed by atoms with Crippen LogP contribution in [0.5, 0.6) is 0 Å². The van der Waals surface area contributed by atoms with Crippen LogP contribution in [0.1, 0.15) is 11.1 Å². The second kappa shape index (κ2) is 4.99. The van der Waals surface area contributed by atoms with Gasteiger partial charge in [0.2, 0.25) is 0 Å². The first-order chi connectivity index (χ1) is 9.21. The summed E-state index contributed by atoms with van der Waals surface area (Å²) in [4.78, 5) is 0. The summed E-state index contributed by atoms with van der Waals surface area (Å²) >= 11 is 3.48. The minimum Gasteiger partial charge on any atom is -0.394 e. The van der Waals surface area contributed by atoms with Gasteiger partial charge in [-0.2, -0.15) is 0 Å². The Kier molecular flexibility index (Phi) is 3.33. The standard InChI is InChI=1S/C16H16BrNO/c17-14-6-3-7-15(8-14)18-16(11-19)9-12-4-1-2-5-13(12)10-16/h1-8,18-19H,9-11H2. The van der Waals surface area contributed by atoms with Crippen molar-refractivity contribution in [3.05, 3.63) is 64.1 Å². The van der Waals surface area contributed by atoms with Crippen molar-refractivity contribution < 1.29 is 5.11 Å². The highest BCUT2D eigenvalue weighted by Crippen LogP contribution is 2.33. The molecule has 0 fully saturated rings. The van der Waals surface area contributed by atoms with E-state index in [9.17, 15) is 5.11 Å². The van der Waals surface area contributed by atoms with Crippen molar-refractivity contribution in [1.29, 1.82) is 0 Å². The number of hydrogen-bond donors (Lipinski definition) is 2. The fourth-order valence-electron chi connectivity index (χ4n) is 2.81. The maximum Gasteiger partial charge on any atom is 0.0684 e. The van der Waals surface area contributed by atoms with Crippen LogP contribution in [0.25, 0.3) is 0 Å². The molecular weight excluding hydrogens is 302 g/mol. The molecule has 0 radical (unpaired) electrons. The molecule has 19 heavy (non-hydrogen) atoms. The fourth-order valence-corrected chi connectivity index (χ4v) is 3.21. The summed E-state index contributed by atoms with van der Waals surface area (Å²) in [6.07, 6.45) is 1.73. The quantitative estimate of drug-likeness (QED) is 0.909. The van der Waals surface area contributed by atoms with Crippen LogP contribution in [0.4, 0.5) is 5.69 Å². The molecule has 3 rings (SSSR count). The molecule has 0 amide bonds. The SMILES string of the molecule is OCC1(Nc2cccc(Br)c2)Cc2ccccc2C1. The topological polar surface area (TPSA) is 32.3 Å². The van der Waals surface area contributed by atoms with Gasteiger partial charge >= 0.3 is 0 Å². The molecule has 0 spiro atoms. The lowest BCUT2D eigenvalue weighted by Gasteiger charge is -2.29. The molecule has 0 unspecified atom stereocenters. The van der Waals surface area contributed by atoms with Crippen molar-refractivity contribution in [1.82, 2.24) is 0 Å². The summed E-state index contributed by atoms with van der Waals surface area (Å²) in [6, 6.07) is 16.5. The second-order valence-corrected chi connectivity index (χ2v) is 6.11. The summed E-state index contributed by atoms with van der Waals surface area (Å²) < 4.78 is 1.04. The maximum atomic E-state index is 9.85. The zero-order valence-electron chi connectivity index (χ0n) is 10.6. The highest BCUT2D eigenvalue weighted by atomic mass is 79.9. The summed E-state index contributed by atoms with van der Waals surface area (Å²) in [5, 5.41) is 13.4. The molecule has 98 valence electrons. The third kappa shape index (κ3) is 2.53. The van der Waals surface area contributed by atoms with Gasteiger partial charge in [-0.15, -0.1) is 0 Å². The first kappa shape index (κ1) is 12.7. The first-order valence-electron chi connectivity index (χ1n) is 6.42. The number of aliphatic hydroxyl groups excluding tert-OH is 1. The lowest BCUT2D eigenvalue weighted by atomic mass is 9.96. The molecule has 2 aromatic carbocycles. The van der Waals surface area contributed by atoms with Gasteiger partial charge in [-0.1, -0.05) is 46.3 Å². The molecule has 2 aromatic rings. The Morgan fingerprint density at radius 1 is 1.05 bits per heavy atom. The van der Waals surface area contributed by atoms with Crippen LogP contribution >= 0.6 is 15.9 Å². The van der Waals surface area contributed by atoms with Crippen LogP contribution < -0.4 is 5.32 Å². The monoisotopic (exact) mass is 317 g/mol. The number of rotatable bonds is 3. The minimum absolute atomic E-state index is 0.133. The van der Waals surface area contributed by atoms with Crippen LogP contribution in [0.3, 0.4) is 0 Å². The van der Waals surface area contributed by atoms with Gasteiger partial charge in [-0.25, -0.2) is 0 Å². The Morgan fingerprint density at radius 2 is 1.74 bits per heavy atom. The van der Waals surface area contributed by atoms with E-state index in [1.807, 2.05) is 24.3 Å². The molecule has 0 saturated carbocycles. The van der Waals surface area contributed by atoms with Gasteiger partial charge in [0.25, 0.3) is 0 Å². The fraction of sp³-hybridized carbons (Fsp3) is 0.250. The smallest absolute Gasteiger partial charge is 0.0684 e. The molecule has 0 atom stereocenters. The largest absolute Gasteiger partial charge is 0.394 e. The Hall–Kier alpha value is -1.32. The third-order valence-electron chi connectivity index (χ3n) is 3.71. The summed E-state index contributed by atoms with van der Waals surface area (Å²) in [7, 11) is 0. The minimum atomic E-state index is -0.273. The Morgan fingerprint density at radius 3 is 2.32 bits per heavy atom. The lowest BCUT2D eigenvalue weighted by molar-refractivity contribution is 0.216. The molecule has 0 aliphatic heterocycles. The molecule has 0 heterocycles. The van der Waals surface area contributed by atoms with Crippen molar-refractivity contribution in [3.8, 4) is 0 Å². The zero-order chi connectivity index (χ0) is 13.3. The van der Waals surface area contributed by atoms with Crippen LogP contribution in [-0.4, -0.2) is 17.3 Å². The lowest BCUT2D eigenvalue weighted by Crippen LogP contribution is -2.43. The van der Waals surface area contributed by atoms with Crippen molar-refractivity contribution in [2.75, 3.05) is 11.9 Å². The molecule has 1 aliphatic carbocycles. The number of benzene rings is 2. The van der Waals surface area contributed by atoms with Crippen molar-refractivity contribution in [3.63, 3.8) is 0 Å². The summed E-state index contributed by atoms with van der Waals surface area (Å²) in [6.45, 7) is 0.133. The Bertz CT molecular complexity index is 572. The van der Waals surface area contributed by atoms with Gasteiger partial charge in [0.15, 0.2) is 0 Å². The summed E-state index contributed by atoms with van der Waals surface area (Å²) in [5.74, 6) is 0. The predicted molar refractivity (Wildman–Crippen MR) is 81.4 cm³/mol. The van der Waals surface area contributed by atoms with Crippen LogP contribution in [0, 0.1) is 0 Å². The van der Waals surface area contributed by atoms with Crippen molar-refractivity contribution in [2.24, 2.45) is 0 Å². The van der Waals surface area contributed by atoms with Gasteiger partial charge in [-0.3, -0.25) is 0 Å². The number of hydrogen-bond acceptors (Lipinski definition) is 2. The normalized spacial score (nSPS) is 16.1. The van der Waals surface area contributed by atoms with E-state index in [2.05, 4.69) is 45.5 Å². The number of halogens is 1. The van der Waals surface area contributed by atoms with Crippen molar-refractivity contribution >= 4 is 21.6 Å². The van der Waals surface area contributed by atoms with Crippen LogP contribution in [-0.2, 0) is 12.8 Å². The van der Waals surface area contributed by atoms with Crippen LogP contribution in [0.2, 0.25) is 0 Å². The molecular formula is C16H16BrNO. The highest BCUT2D eigenvalue weighted by Gasteiger charge is 2.36. The van der Waals surface area contributed by atoms with Crippen LogP contribution in [0.15, 0.2) is 53.0 Å². The van der Waals surface area contributed by atoms with Gasteiger partial charge < -0.3 is 10.4 Å². The summed E-state index contributed by atoms with van der Waals surface area (Å²) in [5.41, 5.74) is 3.43. The predicted octanol–water partition coefficient (Wildman–Crippen LogP) is 3.39. The van der Waals surface area contributed by atoms with Gasteiger partial charge in [0, 0.05) is 10.2 Å². The van der Waals surface area contributed by atoms with Gasteiger partial charge in [0.1, 0.15) is 0 Å². The van der Waals surface area contributed by atoms with Crippen molar-refractivity contribution in [2.45, 2.75) is 18.4 Å². The molecule has 0 bridgehead atoms. The van der Waals surface area contributed by atoms with E-state index in [1.54, 1.807) is 0 Å².